The predicted octanol–water partition coefficient (Wildman–Crippen LogP) is 0.707. The van der Waals surface area contributed by atoms with Gasteiger partial charge in [-0.25, -0.2) is 0 Å². The Balaban J connectivity index is 1.93. The van der Waals surface area contributed by atoms with E-state index in [1.807, 2.05) is 0 Å². The number of hydrogen-bond acceptors (Lipinski definition) is 4. The van der Waals surface area contributed by atoms with Crippen molar-refractivity contribution >= 4 is 13.2 Å². The second-order valence-corrected chi connectivity index (χ2v) is 4.42. The highest BCUT2D eigenvalue weighted by Crippen LogP contribution is 2.18. The molecule has 0 saturated heterocycles. The SMILES string of the molecule is O=C(NC1CCCC1)c1ccc(OB(O)O)cc1. The van der Waals surface area contributed by atoms with Crippen LogP contribution in [0.1, 0.15) is 36.0 Å². The number of amides is 1. The van der Waals surface area contributed by atoms with Gasteiger partial charge in [-0.3, -0.25) is 4.79 Å². The minimum Gasteiger partial charge on any atom is -0.512 e. The zero-order chi connectivity index (χ0) is 13.0. The molecule has 96 valence electrons. The van der Waals surface area contributed by atoms with Crippen molar-refractivity contribution in [3.05, 3.63) is 29.8 Å². The van der Waals surface area contributed by atoms with Gasteiger partial charge in [0.15, 0.2) is 0 Å². The fraction of sp³-hybridized carbons (Fsp3) is 0.417. The van der Waals surface area contributed by atoms with Crippen LogP contribution in [0.15, 0.2) is 24.3 Å². The van der Waals surface area contributed by atoms with Gasteiger partial charge in [-0.1, -0.05) is 12.8 Å². The Morgan fingerprint density at radius 1 is 1.22 bits per heavy atom. The summed E-state index contributed by atoms with van der Waals surface area (Å²) in [5.41, 5.74) is 0.543. The maximum absolute atomic E-state index is 11.9. The molecule has 0 unspecified atom stereocenters. The maximum atomic E-state index is 11.9. The molecule has 1 amide bonds. The summed E-state index contributed by atoms with van der Waals surface area (Å²) in [6.07, 6.45) is 4.44. The molecular weight excluding hydrogens is 233 g/mol. The first-order valence-corrected chi connectivity index (χ1v) is 6.09. The van der Waals surface area contributed by atoms with Crippen LogP contribution in [-0.2, 0) is 0 Å². The highest BCUT2D eigenvalue weighted by Gasteiger charge is 2.18. The summed E-state index contributed by atoms with van der Waals surface area (Å²) in [5, 5.41) is 20.2. The van der Waals surface area contributed by atoms with Crippen LogP contribution < -0.4 is 9.97 Å². The van der Waals surface area contributed by atoms with E-state index in [1.54, 1.807) is 12.1 Å². The van der Waals surface area contributed by atoms with Gasteiger partial charge in [-0.05, 0) is 37.1 Å². The molecule has 0 heterocycles. The highest BCUT2D eigenvalue weighted by molar-refractivity contribution is 6.33. The summed E-state index contributed by atoms with van der Waals surface area (Å²) in [4.78, 5) is 11.9. The number of carbonyl (C=O) groups is 1. The first-order valence-electron chi connectivity index (χ1n) is 6.09. The van der Waals surface area contributed by atoms with Crippen molar-refractivity contribution in [1.82, 2.24) is 5.32 Å². The third-order valence-corrected chi connectivity index (χ3v) is 3.05. The first kappa shape index (κ1) is 12.9. The van der Waals surface area contributed by atoms with Crippen molar-refractivity contribution in [2.45, 2.75) is 31.7 Å². The van der Waals surface area contributed by atoms with Gasteiger partial charge in [0.25, 0.3) is 5.91 Å². The Bertz CT molecular complexity index is 401. The van der Waals surface area contributed by atoms with E-state index in [0.717, 1.165) is 12.8 Å². The van der Waals surface area contributed by atoms with Crippen LogP contribution in [-0.4, -0.2) is 29.3 Å². The number of carbonyl (C=O) groups excluding carboxylic acids is 1. The lowest BCUT2D eigenvalue weighted by molar-refractivity contribution is 0.0938. The van der Waals surface area contributed by atoms with E-state index < -0.39 is 7.32 Å². The quantitative estimate of drug-likeness (QED) is 0.686. The summed E-state index contributed by atoms with van der Waals surface area (Å²) < 4.78 is 4.66. The molecular formula is C12H16BNO4. The standard InChI is InChI=1S/C12H16BNO4/c15-12(14-10-3-1-2-4-10)9-5-7-11(8-6-9)18-13(16)17/h5-8,10,16-17H,1-4H2,(H,14,15). The minimum atomic E-state index is -1.84. The maximum Gasteiger partial charge on any atom is 0.707 e. The molecule has 1 aliphatic carbocycles. The van der Waals surface area contributed by atoms with E-state index in [9.17, 15) is 4.79 Å². The van der Waals surface area contributed by atoms with E-state index in [2.05, 4.69) is 9.97 Å². The van der Waals surface area contributed by atoms with Crippen molar-refractivity contribution < 1.29 is 19.5 Å². The molecule has 1 aromatic carbocycles. The summed E-state index contributed by atoms with van der Waals surface area (Å²) in [5.74, 6) is 0.209. The van der Waals surface area contributed by atoms with E-state index in [1.165, 1.54) is 25.0 Å². The highest BCUT2D eigenvalue weighted by atomic mass is 16.6. The van der Waals surface area contributed by atoms with Gasteiger partial charge in [0.2, 0.25) is 0 Å². The molecule has 0 bridgehead atoms. The monoisotopic (exact) mass is 249 g/mol. The average Bonchev–Trinajstić information content (AvgIpc) is 2.82. The van der Waals surface area contributed by atoms with Crippen LogP contribution in [0.4, 0.5) is 0 Å². The smallest absolute Gasteiger partial charge is 0.512 e. The molecule has 6 heteroatoms. The fourth-order valence-corrected chi connectivity index (χ4v) is 2.15. The van der Waals surface area contributed by atoms with Gasteiger partial charge in [-0.15, -0.1) is 0 Å². The van der Waals surface area contributed by atoms with Crippen LogP contribution >= 0.6 is 0 Å². The Kier molecular flexibility index (Phi) is 4.22. The topological polar surface area (TPSA) is 78.8 Å². The van der Waals surface area contributed by atoms with Crippen LogP contribution in [0.2, 0.25) is 0 Å². The Morgan fingerprint density at radius 2 is 1.83 bits per heavy atom. The van der Waals surface area contributed by atoms with Gasteiger partial charge >= 0.3 is 7.32 Å². The van der Waals surface area contributed by atoms with Gasteiger partial charge < -0.3 is 20.0 Å². The van der Waals surface area contributed by atoms with Crippen LogP contribution in [0.25, 0.3) is 0 Å². The molecule has 1 saturated carbocycles. The van der Waals surface area contributed by atoms with Gasteiger partial charge in [0, 0.05) is 11.6 Å². The Labute approximate surface area is 106 Å². The normalized spacial score (nSPS) is 15.4. The fourth-order valence-electron chi connectivity index (χ4n) is 2.15. The van der Waals surface area contributed by atoms with Crippen molar-refractivity contribution in [2.24, 2.45) is 0 Å². The largest absolute Gasteiger partial charge is 0.707 e. The zero-order valence-corrected chi connectivity index (χ0v) is 10.0. The lowest BCUT2D eigenvalue weighted by Crippen LogP contribution is -2.32. The zero-order valence-electron chi connectivity index (χ0n) is 10.0. The molecule has 1 aliphatic rings. The van der Waals surface area contributed by atoms with E-state index in [0.29, 0.717) is 11.3 Å². The van der Waals surface area contributed by atoms with Crippen LogP contribution in [0.5, 0.6) is 5.75 Å². The van der Waals surface area contributed by atoms with Gasteiger partial charge in [-0.2, -0.15) is 0 Å². The molecule has 5 nitrogen and oxygen atoms in total. The van der Waals surface area contributed by atoms with Crippen LogP contribution in [0.3, 0.4) is 0 Å². The molecule has 0 spiro atoms. The van der Waals surface area contributed by atoms with Gasteiger partial charge in [0.05, 0.1) is 0 Å². The van der Waals surface area contributed by atoms with Gasteiger partial charge in [0.1, 0.15) is 5.75 Å². The summed E-state index contributed by atoms with van der Waals surface area (Å²) in [6, 6.07) is 6.54. The second kappa shape index (κ2) is 5.88. The molecule has 1 fully saturated rings. The molecule has 0 aliphatic heterocycles. The Hall–Kier alpha value is -1.53. The van der Waals surface area contributed by atoms with E-state index in [4.69, 9.17) is 10.0 Å². The van der Waals surface area contributed by atoms with Crippen molar-refractivity contribution in [3.8, 4) is 5.75 Å². The molecule has 0 atom stereocenters. The predicted molar refractivity (Wildman–Crippen MR) is 67.0 cm³/mol. The summed E-state index contributed by atoms with van der Waals surface area (Å²) in [7, 11) is -1.84. The summed E-state index contributed by atoms with van der Waals surface area (Å²) >= 11 is 0. The Morgan fingerprint density at radius 3 is 2.39 bits per heavy atom. The number of hydrogen-bond donors (Lipinski definition) is 3. The molecule has 0 radical (unpaired) electrons. The van der Waals surface area contributed by atoms with Crippen molar-refractivity contribution in [1.29, 1.82) is 0 Å². The molecule has 3 N–H and O–H groups in total. The van der Waals surface area contributed by atoms with Crippen molar-refractivity contribution in [3.63, 3.8) is 0 Å². The molecule has 2 rings (SSSR count). The lowest BCUT2D eigenvalue weighted by Gasteiger charge is -2.12. The molecule has 1 aromatic rings. The molecule has 18 heavy (non-hydrogen) atoms. The van der Waals surface area contributed by atoms with E-state index >= 15 is 0 Å². The number of nitrogens with one attached hydrogen (secondary N) is 1. The third kappa shape index (κ3) is 3.48. The third-order valence-electron chi connectivity index (χ3n) is 3.05. The average molecular weight is 249 g/mol. The van der Waals surface area contributed by atoms with E-state index in [-0.39, 0.29) is 11.9 Å². The lowest BCUT2D eigenvalue weighted by atomic mass is 10.1. The van der Waals surface area contributed by atoms with Crippen molar-refractivity contribution in [2.75, 3.05) is 0 Å². The summed E-state index contributed by atoms with van der Waals surface area (Å²) in [6.45, 7) is 0. The second-order valence-electron chi connectivity index (χ2n) is 4.42. The first-order chi connectivity index (χ1) is 8.65. The van der Waals surface area contributed by atoms with Crippen LogP contribution in [0, 0.1) is 0 Å². The minimum absolute atomic E-state index is 0.0991. The molecule has 0 aromatic heterocycles. The number of benzene rings is 1. The number of rotatable bonds is 4.